The number of nitrogens with zero attached hydrogens (tertiary/aromatic N) is 3. The molecule has 0 radical (unpaired) electrons. The fourth-order valence-corrected chi connectivity index (χ4v) is 2.73. The lowest BCUT2D eigenvalue weighted by Crippen LogP contribution is -2.16. The number of hydrogen-bond donors (Lipinski definition) is 2. The zero-order valence-corrected chi connectivity index (χ0v) is 16.3. The largest absolute Gasteiger partial charge is 0.491 e. The fourth-order valence-electron chi connectivity index (χ4n) is 2.73. The average Bonchev–Trinajstić information content (AvgIpc) is 3.21. The van der Waals surface area contributed by atoms with Crippen molar-refractivity contribution in [1.82, 2.24) is 15.0 Å². The summed E-state index contributed by atoms with van der Waals surface area (Å²) in [6.07, 6.45) is 6.16. The third kappa shape index (κ3) is 5.35. The van der Waals surface area contributed by atoms with Gasteiger partial charge in [0, 0.05) is 19.0 Å². The van der Waals surface area contributed by atoms with E-state index in [1.54, 1.807) is 19.5 Å². The Kier molecular flexibility index (Phi) is 7.07. The van der Waals surface area contributed by atoms with Gasteiger partial charge in [0.25, 0.3) is 0 Å². The summed E-state index contributed by atoms with van der Waals surface area (Å²) in [5.74, 6) is 2.50. The van der Waals surface area contributed by atoms with Crippen molar-refractivity contribution < 1.29 is 18.9 Å². The molecule has 2 aromatic rings. The van der Waals surface area contributed by atoms with Gasteiger partial charge in [-0.2, -0.15) is 4.98 Å². The zero-order chi connectivity index (χ0) is 19.8. The molecule has 1 unspecified atom stereocenters. The standard InChI is InChI=1S/C19H27N5O4/c1-3-4-6-21-18-17(10-23-19(20)24-18)27-11-13-8-15(16(25-2)9-22-13)28-14-5-7-26-12-14/h8-10,14H,3-7,11-12H2,1-2H3,(H3,20,21,23,24). The number of nitrogens with two attached hydrogens (primary N) is 1. The molecule has 3 rings (SSSR count). The lowest BCUT2D eigenvalue weighted by Gasteiger charge is -2.16. The summed E-state index contributed by atoms with van der Waals surface area (Å²) < 4.78 is 22.6. The first-order chi connectivity index (χ1) is 13.7. The number of hydrogen-bond acceptors (Lipinski definition) is 9. The van der Waals surface area contributed by atoms with Gasteiger partial charge in [0.15, 0.2) is 23.1 Å². The van der Waals surface area contributed by atoms with Crippen LogP contribution in [0.15, 0.2) is 18.5 Å². The van der Waals surface area contributed by atoms with Crippen molar-refractivity contribution in [3.63, 3.8) is 0 Å². The molecule has 0 amide bonds. The third-order valence-corrected chi connectivity index (χ3v) is 4.26. The first-order valence-electron chi connectivity index (χ1n) is 9.46. The highest BCUT2D eigenvalue weighted by molar-refractivity contribution is 5.51. The van der Waals surface area contributed by atoms with E-state index in [2.05, 4.69) is 27.2 Å². The number of pyridine rings is 1. The van der Waals surface area contributed by atoms with E-state index in [9.17, 15) is 0 Å². The van der Waals surface area contributed by atoms with Crippen molar-refractivity contribution in [3.05, 3.63) is 24.2 Å². The molecule has 2 aromatic heterocycles. The Morgan fingerprint density at radius 1 is 1.25 bits per heavy atom. The second-order valence-electron chi connectivity index (χ2n) is 6.44. The lowest BCUT2D eigenvalue weighted by atomic mass is 10.3. The highest BCUT2D eigenvalue weighted by Crippen LogP contribution is 2.30. The molecule has 1 aliphatic rings. The molecule has 28 heavy (non-hydrogen) atoms. The SMILES string of the molecule is CCCCNc1nc(N)ncc1OCc1cc(OC2CCOC2)c(OC)cn1. The Balaban J connectivity index is 1.68. The van der Waals surface area contributed by atoms with Gasteiger partial charge in [-0.1, -0.05) is 13.3 Å². The van der Waals surface area contributed by atoms with Crippen LogP contribution in [0, 0.1) is 0 Å². The smallest absolute Gasteiger partial charge is 0.222 e. The normalized spacial score (nSPS) is 16.0. The Morgan fingerprint density at radius 2 is 2.11 bits per heavy atom. The van der Waals surface area contributed by atoms with Crippen molar-refractivity contribution in [3.8, 4) is 17.2 Å². The predicted octanol–water partition coefficient (Wildman–Crippen LogP) is 2.42. The Morgan fingerprint density at radius 3 is 2.86 bits per heavy atom. The van der Waals surface area contributed by atoms with Crippen LogP contribution in [-0.2, 0) is 11.3 Å². The molecule has 1 saturated heterocycles. The molecule has 0 bridgehead atoms. The van der Waals surface area contributed by atoms with E-state index in [0.29, 0.717) is 42.0 Å². The van der Waals surface area contributed by atoms with Crippen molar-refractivity contribution in [1.29, 1.82) is 0 Å². The number of nitrogens with one attached hydrogen (secondary N) is 1. The van der Waals surface area contributed by atoms with Crippen molar-refractivity contribution in [2.45, 2.75) is 38.9 Å². The van der Waals surface area contributed by atoms with Gasteiger partial charge in [-0.05, 0) is 6.42 Å². The number of anilines is 2. The van der Waals surface area contributed by atoms with Gasteiger partial charge in [-0.25, -0.2) is 4.98 Å². The van der Waals surface area contributed by atoms with Crippen LogP contribution in [0.4, 0.5) is 11.8 Å². The quantitative estimate of drug-likeness (QED) is 0.591. The van der Waals surface area contributed by atoms with Crippen LogP contribution in [0.2, 0.25) is 0 Å². The van der Waals surface area contributed by atoms with Crippen molar-refractivity contribution >= 4 is 11.8 Å². The van der Waals surface area contributed by atoms with E-state index in [-0.39, 0.29) is 18.7 Å². The van der Waals surface area contributed by atoms with Crippen LogP contribution < -0.4 is 25.3 Å². The Hall–Kier alpha value is -2.81. The molecule has 0 aliphatic carbocycles. The van der Waals surface area contributed by atoms with Gasteiger partial charge in [0.2, 0.25) is 5.95 Å². The third-order valence-electron chi connectivity index (χ3n) is 4.26. The zero-order valence-electron chi connectivity index (χ0n) is 16.3. The molecule has 0 spiro atoms. The fraction of sp³-hybridized carbons (Fsp3) is 0.526. The Labute approximate surface area is 164 Å². The van der Waals surface area contributed by atoms with E-state index in [4.69, 9.17) is 24.7 Å². The predicted molar refractivity (Wildman–Crippen MR) is 105 cm³/mol. The van der Waals surface area contributed by atoms with Crippen LogP contribution in [-0.4, -0.2) is 47.9 Å². The first-order valence-corrected chi connectivity index (χ1v) is 9.46. The van der Waals surface area contributed by atoms with Gasteiger partial charge in [-0.3, -0.25) is 4.98 Å². The van der Waals surface area contributed by atoms with Crippen LogP contribution in [0.1, 0.15) is 31.9 Å². The number of unbranched alkanes of at least 4 members (excludes halogenated alkanes) is 1. The first kappa shape index (κ1) is 19.9. The number of ether oxygens (including phenoxy) is 4. The van der Waals surface area contributed by atoms with Crippen molar-refractivity contribution in [2.24, 2.45) is 0 Å². The summed E-state index contributed by atoms with van der Waals surface area (Å²) in [5.41, 5.74) is 6.40. The maximum atomic E-state index is 6.00. The number of rotatable bonds is 10. The summed E-state index contributed by atoms with van der Waals surface area (Å²) >= 11 is 0. The molecule has 0 aromatic carbocycles. The molecule has 9 nitrogen and oxygen atoms in total. The van der Waals surface area contributed by atoms with Crippen LogP contribution >= 0.6 is 0 Å². The molecule has 1 atom stereocenters. The average molecular weight is 389 g/mol. The second-order valence-corrected chi connectivity index (χ2v) is 6.44. The van der Waals surface area contributed by atoms with E-state index in [0.717, 1.165) is 25.8 Å². The maximum absolute atomic E-state index is 6.00. The molecule has 152 valence electrons. The second kappa shape index (κ2) is 9.93. The van der Waals surface area contributed by atoms with E-state index in [1.165, 1.54) is 0 Å². The highest BCUT2D eigenvalue weighted by Gasteiger charge is 2.20. The van der Waals surface area contributed by atoms with Crippen LogP contribution in [0.3, 0.4) is 0 Å². The molecule has 0 saturated carbocycles. The van der Waals surface area contributed by atoms with Gasteiger partial charge < -0.3 is 30.0 Å². The maximum Gasteiger partial charge on any atom is 0.222 e. The minimum Gasteiger partial charge on any atom is -0.491 e. The summed E-state index contributed by atoms with van der Waals surface area (Å²) in [5, 5.41) is 3.23. The van der Waals surface area contributed by atoms with Gasteiger partial charge >= 0.3 is 0 Å². The number of nitrogen functional groups attached to an aromatic ring is 1. The molecule has 9 heteroatoms. The Bertz CT molecular complexity index is 768. The van der Waals surface area contributed by atoms with E-state index < -0.39 is 0 Å². The van der Waals surface area contributed by atoms with Gasteiger partial charge in [0.05, 0.1) is 38.4 Å². The summed E-state index contributed by atoms with van der Waals surface area (Å²) in [7, 11) is 1.59. The monoisotopic (exact) mass is 389 g/mol. The van der Waals surface area contributed by atoms with E-state index in [1.807, 2.05) is 6.07 Å². The van der Waals surface area contributed by atoms with Crippen molar-refractivity contribution in [2.75, 3.05) is 37.9 Å². The molecule has 1 fully saturated rings. The molecular weight excluding hydrogens is 362 g/mol. The molecule has 3 heterocycles. The van der Waals surface area contributed by atoms with Crippen LogP contribution in [0.25, 0.3) is 0 Å². The number of methoxy groups -OCH3 is 1. The molecular formula is C19H27N5O4. The minimum atomic E-state index is 0.0185. The molecule has 3 N–H and O–H groups in total. The summed E-state index contributed by atoms with van der Waals surface area (Å²) in [6, 6.07) is 1.82. The van der Waals surface area contributed by atoms with Gasteiger partial charge in [-0.15, -0.1) is 0 Å². The summed E-state index contributed by atoms with van der Waals surface area (Å²) in [6.45, 7) is 4.43. The van der Waals surface area contributed by atoms with Crippen LogP contribution in [0.5, 0.6) is 17.2 Å². The lowest BCUT2D eigenvalue weighted by molar-refractivity contribution is 0.138. The minimum absolute atomic E-state index is 0.0185. The summed E-state index contributed by atoms with van der Waals surface area (Å²) in [4.78, 5) is 12.6. The topological polar surface area (TPSA) is 114 Å². The highest BCUT2D eigenvalue weighted by atomic mass is 16.6. The number of aromatic nitrogens is 3. The van der Waals surface area contributed by atoms with E-state index >= 15 is 0 Å². The van der Waals surface area contributed by atoms with Gasteiger partial charge in [0.1, 0.15) is 12.7 Å². The molecule has 1 aliphatic heterocycles.